The molecule has 0 spiro atoms. The lowest BCUT2D eigenvalue weighted by Crippen LogP contribution is -1.99. The zero-order chi connectivity index (χ0) is 14.7. The van der Waals surface area contributed by atoms with Gasteiger partial charge in [0.05, 0.1) is 13.9 Å². The highest BCUT2D eigenvalue weighted by atomic mass is 79.9. The molecule has 0 radical (unpaired) electrons. The predicted molar refractivity (Wildman–Crippen MR) is 79.2 cm³/mol. The molecular formula is C13H8Br2FNO3. The van der Waals surface area contributed by atoms with Crippen molar-refractivity contribution in [2.24, 2.45) is 0 Å². The summed E-state index contributed by atoms with van der Waals surface area (Å²) in [5.74, 6) is -0.284. The maximum absolute atomic E-state index is 13.5. The van der Waals surface area contributed by atoms with E-state index in [-0.39, 0.29) is 6.61 Å². The second-order valence-corrected chi connectivity index (χ2v) is 5.59. The van der Waals surface area contributed by atoms with Crippen LogP contribution in [0.3, 0.4) is 0 Å². The Kier molecular flexibility index (Phi) is 4.72. The van der Waals surface area contributed by atoms with Gasteiger partial charge in [-0.25, -0.2) is 0 Å². The number of halogens is 3. The monoisotopic (exact) mass is 403 g/mol. The molecule has 0 N–H and O–H groups in total. The molecule has 0 fully saturated rings. The van der Waals surface area contributed by atoms with E-state index in [9.17, 15) is 14.5 Å². The van der Waals surface area contributed by atoms with Crippen molar-refractivity contribution in [3.8, 4) is 5.75 Å². The van der Waals surface area contributed by atoms with E-state index in [0.29, 0.717) is 11.3 Å². The Morgan fingerprint density at radius 1 is 1.20 bits per heavy atom. The van der Waals surface area contributed by atoms with Gasteiger partial charge in [-0.1, -0.05) is 6.07 Å². The fraction of sp³-hybridized carbons (Fsp3) is 0.0769. The molecule has 20 heavy (non-hydrogen) atoms. The number of hydrogen-bond donors (Lipinski definition) is 0. The van der Waals surface area contributed by atoms with Gasteiger partial charge in [-0.05, 0) is 61.7 Å². The second-order valence-electron chi connectivity index (χ2n) is 3.88. The van der Waals surface area contributed by atoms with Crippen molar-refractivity contribution in [1.29, 1.82) is 0 Å². The van der Waals surface area contributed by atoms with Crippen LogP contribution in [0.2, 0.25) is 0 Å². The minimum atomic E-state index is -0.873. The lowest BCUT2D eigenvalue weighted by molar-refractivity contribution is -0.387. The highest BCUT2D eigenvalue weighted by molar-refractivity contribution is 9.11. The summed E-state index contributed by atoms with van der Waals surface area (Å²) in [6.07, 6.45) is 0. The quantitative estimate of drug-likeness (QED) is 0.541. The van der Waals surface area contributed by atoms with Gasteiger partial charge in [0, 0.05) is 6.07 Å². The smallest absolute Gasteiger partial charge is 0.304 e. The van der Waals surface area contributed by atoms with Gasteiger partial charge < -0.3 is 4.74 Å². The standard InChI is InChI=1S/C13H8Br2FNO3/c14-9-2-1-3-10(15)13(9)20-7-8-4-5-12(17(18)19)11(16)6-8/h1-6H,7H2. The van der Waals surface area contributed by atoms with Crippen molar-refractivity contribution >= 4 is 37.5 Å². The molecule has 0 heterocycles. The number of ether oxygens (including phenoxy) is 1. The third kappa shape index (κ3) is 3.34. The van der Waals surface area contributed by atoms with E-state index in [2.05, 4.69) is 31.9 Å². The molecule has 0 aromatic heterocycles. The zero-order valence-corrected chi connectivity index (χ0v) is 13.1. The molecule has 104 valence electrons. The van der Waals surface area contributed by atoms with Gasteiger partial charge in [0.25, 0.3) is 0 Å². The minimum absolute atomic E-state index is 0.107. The summed E-state index contributed by atoms with van der Waals surface area (Å²) in [6, 6.07) is 9.16. The Labute approximate surface area is 131 Å². The Morgan fingerprint density at radius 2 is 1.85 bits per heavy atom. The first-order valence-electron chi connectivity index (χ1n) is 5.48. The van der Waals surface area contributed by atoms with E-state index in [1.165, 1.54) is 6.07 Å². The Bertz CT molecular complexity index is 644. The number of benzene rings is 2. The molecule has 0 amide bonds. The number of rotatable bonds is 4. The average Bonchev–Trinajstić information content (AvgIpc) is 2.37. The van der Waals surface area contributed by atoms with Crippen LogP contribution in [0.15, 0.2) is 45.3 Å². The number of para-hydroxylation sites is 1. The Morgan fingerprint density at radius 3 is 2.40 bits per heavy atom. The van der Waals surface area contributed by atoms with E-state index in [0.717, 1.165) is 21.1 Å². The largest absolute Gasteiger partial charge is 0.487 e. The van der Waals surface area contributed by atoms with Crippen LogP contribution >= 0.6 is 31.9 Å². The summed E-state index contributed by atoms with van der Waals surface area (Å²) in [5, 5.41) is 10.5. The van der Waals surface area contributed by atoms with E-state index < -0.39 is 16.4 Å². The fourth-order valence-electron chi connectivity index (χ4n) is 1.56. The van der Waals surface area contributed by atoms with Gasteiger partial charge in [-0.15, -0.1) is 0 Å². The highest BCUT2D eigenvalue weighted by Gasteiger charge is 2.14. The third-order valence-electron chi connectivity index (χ3n) is 2.51. The van der Waals surface area contributed by atoms with Crippen molar-refractivity contribution in [2.45, 2.75) is 6.61 Å². The average molecular weight is 405 g/mol. The first-order valence-corrected chi connectivity index (χ1v) is 7.07. The molecular weight excluding hydrogens is 397 g/mol. The topological polar surface area (TPSA) is 52.4 Å². The lowest BCUT2D eigenvalue weighted by atomic mass is 10.2. The molecule has 0 unspecified atom stereocenters. The molecule has 7 heteroatoms. The summed E-state index contributed by atoms with van der Waals surface area (Å²) in [7, 11) is 0. The molecule has 2 rings (SSSR count). The maximum Gasteiger partial charge on any atom is 0.304 e. The molecule has 0 aliphatic heterocycles. The number of nitrogens with zero attached hydrogens (tertiary/aromatic N) is 1. The van der Waals surface area contributed by atoms with Gasteiger partial charge in [0.2, 0.25) is 5.82 Å². The molecule has 0 aliphatic carbocycles. The Hall–Kier alpha value is -1.47. The summed E-state index contributed by atoms with van der Waals surface area (Å²) in [5.41, 5.74) is -0.0356. The number of nitro groups is 1. The number of hydrogen-bond acceptors (Lipinski definition) is 3. The van der Waals surface area contributed by atoms with Crippen LogP contribution in [0, 0.1) is 15.9 Å². The van der Waals surface area contributed by atoms with Gasteiger partial charge in [0.1, 0.15) is 12.4 Å². The fourth-order valence-corrected chi connectivity index (χ4v) is 2.79. The van der Waals surface area contributed by atoms with E-state index in [1.54, 1.807) is 0 Å². The lowest BCUT2D eigenvalue weighted by Gasteiger charge is -2.10. The molecule has 0 aliphatic rings. The molecule has 2 aromatic carbocycles. The van der Waals surface area contributed by atoms with Crippen LogP contribution in [0.4, 0.5) is 10.1 Å². The third-order valence-corrected chi connectivity index (χ3v) is 3.76. The van der Waals surface area contributed by atoms with Gasteiger partial charge in [0.15, 0.2) is 0 Å². The molecule has 2 aromatic rings. The zero-order valence-electron chi connectivity index (χ0n) is 9.98. The van der Waals surface area contributed by atoms with Crippen LogP contribution < -0.4 is 4.74 Å². The second kappa shape index (κ2) is 6.32. The van der Waals surface area contributed by atoms with Crippen LogP contribution in [-0.4, -0.2) is 4.92 Å². The summed E-state index contributed by atoms with van der Waals surface area (Å²) >= 11 is 6.69. The molecule has 4 nitrogen and oxygen atoms in total. The Balaban J connectivity index is 2.16. The minimum Gasteiger partial charge on any atom is -0.487 e. The van der Waals surface area contributed by atoms with Crippen LogP contribution in [0.1, 0.15) is 5.56 Å². The maximum atomic E-state index is 13.5. The van der Waals surface area contributed by atoms with Crippen LogP contribution in [-0.2, 0) is 6.61 Å². The first kappa shape index (κ1) is 14.9. The van der Waals surface area contributed by atoms with Crippen LogP contribution in [0.5, 0.6) is 5.75 Å². The van der Waals surface area contributed by atoms with Crippen molar-refractivity contribution in [3.63, 3.8) is 0 Å². The van der Waals surface area contributed by atoms with Crippen molar-refractivity contribution in [3.05, 3.63) is 66.8 Å². The molecule has 0 saturated heterocycles. The molecule has 0 bridgehead atoms. The predicted octanol–water partition coefficient (Wildman–Crippen LogP) is 4.84. The summed E-state index contributed by atoms with van der Waals surface area (Å²) in [4.78, 5) is 9.76. The molecule has 0 atom stereocenters. The van der Waals surface area contributed by atoms with Gasteiger partial charge in [-0.2, -0.15) is 4.39 Å². The van der Waals surface area contributed by atoms with Crippen molar-refractivity contribution in [1.82, 2.24) is 0 Å². The van der Waals surface area contributed by atoms with E-state index in [1.807, 2.05) is 18.2 Å². The first-order chi connectivity index (χ1) is 9.49. The van der Waals surface area contributed by atoms with Crippen LogP contribution in [0.25, 0.3) is 0 Å². The SMILES string of the molecule is O=[N+]([O-])c1ccc(COc2c(Br)cccc2Br)cc1F. The van der Waals surface area contributed by atoms with Crippen molar-refractivity contribution in [2.75, 3.05) is 0 Å². The summed E-state index contributed by atoms with van der Waals surface area (Å²) in [6.45, 7) is 0.107. The van der Waals surface area contributed by atoms with Gasteiger partial charge >= 0.3 is 5.69 Å². The van der Waals surface area contributed by atoms with Crippen molar-refractivity contribution < 1.29 is 14.1 Å². The van der Waals surface area contributed by atoms with E-state index >= 15 is 0 Å². The van der Waals surface area contributed by atoms with E-state index in [4.69, 9.17) is 4.74 Å². The normalized spacial score (nSPS) is 10.3. The summed E-state index contributed by atoms with van der Waals surface area (Å²) < 4.78 is 20.6. The van der Waals surface area contributed by atoms with Gasteiger partial charge in [-0.3, -0.25) is 10.1 Å². The molecule has 0 saturated carbocycles. The number of nitro benzene ring substituents is 1. The highest BCUT2D eigenvalue weighted by Crippen LogP contribution is 2.33.